The van der Waals surface area contributed by atoms with Gasteiger partial charge in [-0.1, -0.05) is 55.6 Å². The van der Waals surface area contributed by atoms with Crippen molar-refractivity contribution in [2.75, 3.05) is 12.4 Å². The van der Waals surface area contributed by atoms with E-state index in [1.165, 1.54) is 6.42 Å². The van der Waals surface area contributed by atoms with Crippen LogP contribution in [0.3, 0.4) is 0 Å². The molecule has 2 N–H and O–H groups in total. The number of hydrogen-bond acceptors (Lipinski definition) is 4. The van der Waals surface area contributed by atoms with Gasteiger partial charge in [-0.25, -0.2) is 0 Å². The third kappa shape index (κ3) is 5.63. The van der Waals surface area contributed by atoms with Crippen LogP contribution in [0.1, 0.15) is 48.0 Å². The van der Waals surface area contributed by atoms with E-state index in [0.29, 0.717) is 22.2 Å². The summed E-state index contributed by atoms with van der Waals surface area (Å²) in [6.07, 6.45) is 5.44. The van der Waals surface area contributed by atoms with Gasteiger partial charge in [0.25, 0.3) is 0 Å². The van der Waals surface area contributed by atoms with Gasteiger partial charge < -0.3 is 15.4 Å². The Bertz CT molecular complexity index is 936. The molecule has 0 radical (unpaired) electrons. The van der Waals surface area contributed by atoms with Crippen LogP contribution >= 0.6 is 11.6 Å². The second-order valence-electron chi connectivity index (χ2n) is 7.53. The molecule has 2 aromatic rings. The standard InChI is InChI=1S/C24H27ClN2O3/c1-16(27-24(29)17-8-4-3-5-9-17)26-19-13-12-18(23(15-19)30-2)14-22(28)20-10-6-7-11-21(20)25/h6-7,10-13,15,17,26H,1,3-5,8-9,14H2,2H3,(H,27,29). The summed E-state index contributed by atoms with van der Waals surface area (Å²) in [7, 11) is 1.56. The smallest absolute Gasteiger partial charge is 0.228 e. The number of halogens is 1. The van der Waals surface area contributed by atoms with Crippen molar-refractivity contribution < 1.29 is 14.3 Å². The van der Waals surface area contributed by atoms with Gasteiger partial charge in [0.1, 0.15) is 11.6 Å². The van der Waals surface area contributed by atoms with E-state index in [4.69, 9.17) is 16.3 Å². The highest BCUT2D eigenvalue weighted by Gasteiger charge is 2.21. The van der Waals surface area contributed by atoms with Crippen LogP contribution in [-0.4, -0.2) is 18.8 Å². The summed E-state index contributed by atoms with van der Waals surface area (Å²) in [6, 6.07) is 12.4. The van der Waals surface area contributed by atoms with Gasteiger partial charge in [0.15, 0.2) is 5.78 Å². The number of Topliss-reactive ketones (excluding diaryl/α,β-unsaturated/α-hetero) is 1. The van der Waals surface area contributed by atoms with E-state index in [2.05, 4.69) is 17.2 Å². The maximum atomic E-state index is 12.6. The molecule has 1 aliphatic rings. The minimum atomic E-state index is -0.0798. The first kappa shape index (κ1) is 21.9. The predicted molar refractivity (Wildman–Crippen MR) is 120 cm³/mol. The number of carbonyl (C=O) groups excluding carboxylic acids is 2. The highest BCUT2D eigenvalue weighted by Crippen LogP contribution is 2.27. The number of ketones is 1. The largest absolute Gasteiger partial charge is 0.496 e. The summed E-state index contributed by atoms with van der Waals surface area (Å²) in [4.78, 5) is 25.0. The van der Waals surface area contributed by atoms with Gasteiger partial charge in [-0.15, -0.1) is 0 Å². The van der Waals surface area contributed by atoms with Crippen molar-refractivity contribution in [1.29, 1.82) is 0 Å². The van der Waals surface area contributed by atoms with Crippen molar-refractivity contribution in [1.82, 2.24) is 5.32 Å². The van der Waals surface area contributed by atoms with Gasteiger partial charge in [-0.05, 0) is 31.0 Å². The van der Waals surface area contributed by atoms with Crippen LogP contribution in [0.25, 0.3) is 0 Å². The molecule has 1 amide bonds. The molecule has 0 saturated heterocycles. The summed E-state index contributed by atoms with van der Waals surface area (Å²) in [5, 5.41) is 6.39. The number of anilines is 1. The molecular formula is C24H27ClN2O3. The first-order valence-electron chi connectivity index (χ1n) is 10.2. The average molecular weight is 427 g/mol. The first-order valence-corrected chi connectivity index (χ1v) is 10.6. The fourth-order valence-corrected chi connectivity index (χ4v) is 3.99. The van der Waals surface area contributed by atoms with Crippen molar-refractivity contribution in [3.05, 3.63) is 71.0 Å². The molecule has 1 saturated carbocycles. The normalized spacial score (nSPS) is 14.1. The fourth-order valence-electron chi connectivity index (χ4n) is 3.74. The van der Waals surface area contributed by atoms with Crippen LogP contribution in [0.2, 0.25) is 5.02 Å². The summed E-state index contributed by atoms with van der Waals surface area (Å²) in [5.74, 6) is 0.995. The molecule has 0 spiro atoms. The quantitative estimate of drug-likeness (QED) is 0.558. The Hall–Kier alpha value is -2.79. The Morgan fingerprint density at radius 2 is 1.87 bits per heavy atom. The number of carbonyl (C=O) groups is 2. The molecule has 0 unspecified atom stereocenters. The zero-order chi connectivity index (χ0) is 21.5. The van der Waals surface area contributed by atoms with Crippen LogP contribution in [0.4, 0.5) is 5.69 Å². The number of amides is 1. The van der Waals surface area contributed by atoms with Gasteiger partial charge in [-0.3, -0.25) is 9.59 Å². The number of hydrogen-bond donors (Lipinski definition) is 2. The third-order valence-electron chi connectivity index (χ3n) is 5.36. The molecule has 5 nitrogen and oxygen atoms in total. The number of nitrogens with one attached hydrogen (secondary N) is 2. The van der Waals surface area contributed by atoms with E-state index in [1.54, 1.807) is 37.4 Å². The SMILES string of the molecule is C=C(NC(=O)C1CCCCC1)Nc1ccc(CC(=O)c2ccccc2Cl)c(OC)c1. The number of rotatable bonds is 8. The number of methoxy groups -OCH3 is 1. The molecule has 3 rings (SSSR count). The van der Waals surface area contributed by atoms with Crippen molar-refractivity contribution >= 4 is 29.0 Å². The van der Waals surface area contributed by atoms with E-state index in [1.807, 2.05) is 12.1 Å². The van der Waals surface area contributed by atoms with Crippen molar-refractivity contribution in [2.24, 2.45) is 5.92 Å². The van der Waals surface area contributed by atoms with Crippen LogP contribution in [0.5, 0.6) is 5.75 Å². The summed E-state index contributed by atoms with van der Waals surface area (Å²) in [5.41, 5.74) is 1.96. The maximum Gasteiger partial charge on any atom is 0.228 e. The Morgan fingerprint density at radius 3 is 2.57 bits per heavy atom. The van der Waals surface area contributed by atoms with Crippen LogP contribution in [0.15, 0.2) is 54.9 Å². The van der Waals surface area contributed by atoms with E-state index in [9.17, 15) is 9.59 Å². The monoisotopic (exact) mass is 426 g/mol. The lowest BCUT2D eigenvalue weighted by Gasteiger charge is -2.22. The summed E-state index contributed by atoms with van der Waals surface area (Å²) < 4.78 is 5.47. The lowest BCUT2D eigenvalue weighted by Crippen LogP contribution is -2.33. The molecule has 0 aromatic heterocycles. The maximum absolute atomic E-state index is 12.6. The Kier molecular flexibility index (Phi) is 7.52. The number of benzene rings is 2. The average Bonchev–Trinajstić information content (AvgIpc) is 2.75. The van der Waals surface area contributed by atoms with Gasteiger partial charge in [0.2, 0.25) is 5.91 Å². The molecule has 0 heterocycles. The minimum absolute atomic E-state index is 0.0149. The van der Waals surface area contributed by atoms with E-state index in [-0.39, 0.29) is 24.0 Å². The van der Waals surface area contributed by atoms with Crippen LogP contribution in [0, 0.1) is 5.92 Å². The molecular weight excluding hydrogens is 400 g/mol. The highest BCUT2D eigenvalue weighted by molar-refractivity contribution is 6.34. The van der Waals surface area contributed by atoms with Gasteiger partial charge in [0.05, 0.1) is 12.1 Å². The third-order valence-corrected chi connectivity index (χ3v) is 5.69. The summed E-state index contributed by atoms with van der Waals surface area (Å²) >= 11 is 6.13. The zero-order valence-corrected chi connectivity index (χ0v) is 17.9. The van der Waals surface area contributed by atoms with Crippen molar-refractivity contribution in [3.8, 4) is 5.75 Å². The Labute approximate surface area is 182 Å². The second kappa shape index (κ2) is 10.3. The molecule has 1 aliphatic carbocycles. The zero-order valence-electron chi connectivity index (χ0n) is 17.2. The van der Waals surface area contributed by atoms with Crippen molar-refractivity contribution in [3.63, 3.8) is 0 Å². The highest BCUT2D eigenvalue weighted by atomic mass is 35.5. The Morgan fingerprint density at radius 1 is 1.13 bits per heavy atom. The van der Waals surface area contributed by atoms with Crippen LogP contribution in [-0.2, 0) is 11.2 Å². The second-order valence-corrected chi connectivity index (χ2v) is 7.94. The number of ether oxygens (including phenoxy) is 1. The molecule has 30 heavy (non-hydrogen) atoms. The van der Waals surface area contributed by atoms with E-state index in [0.717, 1.165) is 36.9 Å². The minimum Gasteiger partial charge on any atom is -0.496 e. The Balaban J connectivity index is 1.63. The van der Waals surface area contributed by atoms with Gasteiger partial charge >= 0.3 is 0 Å². The molecule has 6 heteroatoms. The van der Waals surface area contributed by atoms with Gasteiger partial charge in [0, 0.05) is 35.2 Å². The molecule has 0 bridgehead atoms. The van der Waals surface area contributed by atoms with Gasteiger partial charge in [-0.2, -0.15) is 0 Å². The predicted octanol–water partition coefficient (Wildman–Crippen LogP) is 5.35. The molecule has 1 fully saturated rings. The molecule has 2 aromatic carbocycles. The molecule has 0 atom stereocenters. The topological polar surface area (TPSA) is 67.4 Å². The molecule has 158 valence electrons. The molecule has 0 aliphatic heterocycles. The first-order chi connectivity index (χ1) is 14.5. The summed E-state index contributed by atoms with van der Waals surface area (Å²) in [6.45, 7) is 3.91. The van der Waals surface area contributed by atoms with Crippen molar-refractivity contribution in [2.45, 2.75) is 38.5 Å². The van der Waals surface area contributed by atoms with E-state index < -0.39 is 0 Å². The lowest BCUT2D eigenvalue weighted by atomic mass is 9.89. The van der Waals surface area contributed by atoms with E-state index >= 15 is 0 Å². The van der Waals surface area contributed by atoms with Crippen LogP contribution < -0.4 is 15.4 Å². The fraction of sp³-hybridized carbons (Fsp3) is 0.333. The lowest BCUT2D eigenvalue weighted by molar-refractivity contribution is -0.125.